The van der Waals surface area contributed by atoms with Crippen molar-refractivity contribution in [3.05, 3.63) is 0 Å². The Kier molecular flexibility index (Phi) is 5.42. The van der Waals surface area contributed by atoms with Crippen LogP contribution < -0.4 is 5.73 Å². The van der Waals surface area contributed by atoms with Crippen molar-refractivity contribution in [1.82, 2.24) is 9.80 Å². The first kappa shape index (κ1) is 14.3. The highest BCUT2D eigenvalue weighted by Crippen LogP contribution is 2.22. The Balaban J connectivity index is 1.83. The lowest BCUT2D eigenvalue weighted by atomic mass is 9.92. The van der Waals surface area contributed by atoms with E-state index in [0.717, 1.165) is 45.2 Å². The van der Waals surface area contributed by atoms with Gasteiger partial charge in [-0.15, -0.1) is 0 Å². The van der Waals surface area contributed by atoms with E-state index >= 15 is 0 Å². The van der Waals surface area contributed by atoms with Crippen molar-refractivity contribution in [2.75, 3.05) is 45.9 Å². The maximum absolute atomic E-state index is 5.92. The Bertz CT molecular complexity index is 249. The Labute approximate surface area is 111 Å². The lowest BCUT2D eigenvalue weighted by molar-refractivity contribution is -0.0523. The van der Waals surface area contributed by atoms with Gasteiger partial charge in [0.2, 0.25) is 0 Å². The summed E-state index contributed by atoms with van der Waals surface area (Å²) >= 11 is 0. The second kappa shape index (κ2) is 6.85. The molecule has 3 atom stereocenters. The Morgan fingerprint density at radius 3 is 2.89 bits per heavy atom. The summed E-state index contributed by atoms with van der Waals surface area (Å²) in [6.07, 6.45) is 2.93. The molecule has 2 rings (SSSR count). The Hall–Kier alpha value is -0.160. The van der Waals surface area contributed by atoms with Crippen LogP contribution in [-0.4, -0.2) is 67.8 Å². The Morgan fingerprint density at radius 2 is 2.17 bits per heavy atom. The summed E-state index contributed by atoms with van der Waals surface area (Å²) in [6.45, 7) is 11.8. The first-order valence-electron chi connectivity index (χ1n) is 7.51. The lowest BCUT2D eigenvalue weighted by Crippen LogP contribution is -2.53. The molecule has 0 spiro atoms. The van der Waals surface area contributed by atoms with E-state index in [0.29, 0.717) is 12.1 Å². The molecule has 2 aliphatic rings. The van der Waals surface area contributed by atoms with Gasteiger partial charge >= 0.3 is 0 Å². The van der Waals surface area contributed by atoms with Crippen molar-refractivity contribution in [1.29, 1.82) is 0 Å². The molecule has 0 bridgehead atoms. The third-order valence-corrected chi connectivity index (χ3v) is 4.48. The van der Waals surface area contributed by atoms with Crippen LogP contribution in [0, 0.1) is 5.92 Å². The average molecular weight is 255 g/mol. The SMILES string of the molecule is CCN1CCOC(CN2CCC(C)CC2CN)C1. The topological polar surface area (TPSA) is 41.7 Å². The molecule has 0 aromatic heterocycles. The number of likely N-dealkylation sites (tertiary alicyclic amines) is 1. The van der Waals surface area contributed by atoms with E-state index in [1.54, 1.807) is 0 Å². The van der Waals surface area contributed by atoms with Gasteiger partial charge in [-0.2, -0.15) is 0 Å². The minimum absolute atomic E-state index is 0.376. The predicted octanol–water partition coefficient (Wildman–Crippen LogP) is 0.766. The van der Waals surface area contributed by atoms with Crippen LogP contribution in [0.15, 0.2) is 0 Å². The summed E-state index contributed by atoms with van der Waals surface area (Å²) in [5.41, 5.74) is 5.92. The number of nitrogens with two attached hydrogens (primary N) is 1. The summed E-state index contributed by atoms with van der Waals surface area (Å²) in [5.74, 6) is 0.828. The third kappa shape index (κ3) is 3.67. The van der Waals surface area contributed by atoms with E-state index in [2.05, 4.69) is 23.6 Å². The van der Waals surface area contributed by atoms with Crippen LogP contribution in [0.25, 0.3) is 0 Å². The molecule has 0 aliphatic carbocycles. The van der Waals surface area contributed by atoms with Crippen LogP contribution in [0.3, 0.4) is 0 Å². The van der Waals surface area contributed by atoms with Gasteiger partial charge in [-0.05, 0) is 31.8 Å². The normalized spacial score (nSPS) is 35.8. The van der Waals surface area contributed by atoms with Crippen LogP contribution in [0.1, 0.15) is 26.7 Å². The number of hydrogen-bond acceptors (Lipinski definition) is 4. The molecule has 0 saturated carbocycles. The summed E-state index contributed by atoms with van der Waals surface area (Å²) in [5, 5.41) is 0. The van der Waals surface area contributed by atoms with E-state index in [9.17, 15) is 0 Å². The molecule has 2 heterocycles. The maximum atomic E-state index is 5.92. The molecule has 2 fully saturated rings. The highest BCUT2D eigenvalue weighted by Gasteiger charge is 2.29. The zero-order chi connectivity index (χ0) is 13.0. The van der Waals surface area contributed by atoms with Crippen molar-refractivity contribution in [3.63, 3.8) is 0 Å². The van der Waals surface area contributed by atoms with Crippen LogP contribution in [0.5, 0.6) is 0 Å². The number of likely N-dealkylation sites (N-methyl/N-ethyl adjacent to an activating group) is 1. The zero-order valence-corrected chi connectivity index (χ0v) is 12.0. The first-order valence-corrected chi connectivity index (χ1v) is 7.51. The first-order chi connectivity index (χ1) is 8.72. The fourth-order valence-electron chi connectivity index (χ4n) is 3.23. The van der Waals surface area contributed by atoms with E-state index in [1.165, 1.54) is 19.4 Å². The highest BCUT2D eigenvalue weighted by atomic mass is 16.5. The van der Waals surface area contributed by atoms with Gasteiger partial charge in [-0.25, -0.2) is 0 Å². The molecular formula is C14H29N3O. The molecule has 3 unspecified atom stereocenters. The van der Waals surface area contributed by atoms with E-state index in [1.807, 2.05) is 0 Å². The number of morpholine rings is 1. The fourth-order valence-corrected chi connectivity index (χ4v) is 3.23. The van der Waals surface area contributed by atoms with Crippen molar-refractivity contribution in [3.8, 4) is 0 Å². The van der Waals surface area contributed by atoms with Gasteiger partial charge in [0.25, 0.3) is 0 Å². The molecule has 2 N–H and O–H groups in total. The molecule has 0 aromatic carbocycles. The number of rotatable bonds is 4. The van der Waals surface area contributed by atoms with E-state index in [4.69, 9.17) is 10.5 Å². The van der Waals surface area contributed by atoms with Crippen LogP contribution in [-0.2, 0) is 4.74 Å². The van der Waals surface area contributed by atoms with Gasteiger partial charge in [-0.3, -0.25) is 9.80 Å². The molecule has 0 amide bonds. The van der Waals surface area contributed by atoms with Crippen molar-refractivity contribution < 1.29 is 4.74 Å². The summed E-state index contributed by atoms with van der Waals surface area (Å²) in [4.78, 5) is 5.04. The number of hydrogen-bond donors (Lipinski definition) is 1. The average Bonchev–Trinajstić information content (AvgIpc) is 2.41. The molecule has 18 heavy (non-hydrogen) atoms. The smallest absolute Gasteiger partial charge is 0.0829 e. The van der Waals surface area contributed by atoms with Gasteiger partial charge in [0, 0.05) is 32.2 Å². The monoisotopic (exact) mass is 255 g/mol. The van der Waals surface area contributed by atoms with E-state index < -0.39 is 0 Å². The summed E-state index contributed by atoms with van der Waals surface area (Å²) in [7, 11) is 0. The van der Waals surface area contributed by atoms with E-state index in [-0.39, 0.29) is 0 Å². The summed E-state index contributed by atoms with van der Waals surface area (Å²) in [6, 6.07) is 0.564. The van der Waals surface area contributed by atoms with Crippen molar-refractivity contribution in [2.24, 2.45) is 11.7 Å². The highest BCUT2D eigenvalue weighted by molar-refractivity contribution is 4.84. The van der Waals surface area contributed by atoms with Crippen molar-refractivity contribution >= 4 is 0 Å². The molecule has 2 saturated heterocycles. The van der Waals surface area contributed by atoms with Gasteiger partial charge in [-0.1, -0.05) is 13.8 Å². The summed E-state index contributed by atoms with van der Waals surface area (Å²) < 4.78 is 5.91. The molecule has 4 heteroatoms. The fraction of sp³-hybridized carbons (Fsp3) is 1.00. The second-order valence-corrected chi connectivity index (χ2v) is 5.90. The molecule has 0 aromatic rings. The largest absolute Gasteiger partial charge is 0.374 e. The van der Waals surface area contributed by atoms with Crippen LogP contribution in [0.4, 0.5) is 0 Å². The minimum atomic E-state index is 0.376. The molecule has 106 valence electrons. The number of nitrogens with zero attached hydrogens (tertiary/aromatic N) is 2. The van der Waals surface area contributed by atoms with Crippen LogP contribution in [0.2, 0.25) is 0 Å². The maximum Gasteiger partial charge on any atom is 0.0829 e. The van der Waals surface area contributed by atoms with Crippen LogP contribution >= 0.6 is 0 Å². The molecule has 2 aliphatic heterocycles. The molecule has 0 radical (unpaired) electrons. The van der Waals surface area contributed by atoms with Crippen molar-refractivity contribution in [2.45, 2.75) is 38.8 Å². The minimum Gasteiger partial charge on any atom is -0.374 e. The molecular weight excluding hydrogens is 226 g/mol. The zero-order valence-electron chi connectivity index (χ0n) is 12.0. The predicted molar refractivity (Wildman–Crippen MR) is 74.7 cm³/mol. The Morgan fingerprint density at radius 1 is 1.33 bits per heavy atom. The van der Waals surface area contributed by atoms with Gasteiger partial charge in [0.1, 0.15) is 0 Å². The van der Waals surface area contributed by atoms with Gasteiger partial charge in [0.05, 0.1) is 12.7 Å². The molecule has 4 nitrogen and oxygen atoms in total. The third-order valence-electron chi connectivity index (χ3n) is 4.48. The number of piperidine rings is 1. The second-order valence-electron chi connectivity index (χ2n) is 5.90. The van der Waals surface area contributed by atoms with Gasteiger partial charge in [0.15, 0.2) is 0 Å². The van der Waals surface area contributed by atoms with Gasteiger partial charge < -0.3 is 10.5 Å². The standard InChI is InChI=1S/C14H29N3O/c1-3-16-6-7-18-14(10-16)11-17-5-4-12(2)8-13(17)9-15/h12-14H,3-11,15H2,1-2H3. The quantitative estimate of drug-likeness (QED) is 0.805. The lowest BCUT2D eigenvalue weighted by Gasteiger charge is -2.41. The number of ether oxygens (including phenoxy) is 1.